The topological polar surface area (TPSA) is 231 Å². The molecule has 3 aromatic carbocycles. The average Bonchev–Trinajstić information content (AvgIpc) is 3.48. The molecule has 1 aromatic heterocycles. The van der Waals surface area contributed by atoms with Crippen molar-refractivity contribution in [2.45, 2.75) is 76.0 Å². The second kappa shape index (κ2) is 20.8. The second-order valence-corrected chi connectivity index (χ2v) is 17.4. The Morgan fingerprint density at radius 1 is 0.919 bits per heavy atom. The molecule has 0 saturated carbocycles. The molecular formula is C43H48FN9O8S. The molecule has 3 heterocycles. The fourth-order valence-corrected chi connectivity index (χ4v) is 8.56. The largest absolute Gasteiger partial charge is 0.496 e. The maximum absolute atomic E-state index is 13.7. The highest BCUT2D eigenvalue weighted by molar-refractivity contribution is 7.92. The molecule has 326 valence electrons. The van der Waals surface area contributed by atoms with Gasteiger partial charge in [0.05, 0.1) is 39.3 Å². The van der Waals surface area contributed by atoms with Gasteiger partial charge in [-0.15, -0.1) is 0 Å². The molecule has 17 nitrogen and oxygen atoms in total. The summed E-state index contributed by atoms with van der Waals surface area (Å²) in [6.07, 6.45) is 7.35. The number of ether oxygens (including phenoxy) is 1. The Bertz CT molecular complexity index is 2490. The van der Waals surface area contributed by atoms with Crippen LogP contribution in [0.4, 0.5) is 21.7 Å². The molecule has 4 aromatic rings. The van der Waals surface area contributed by atoms with Crippen molar-refractivity contribution >= 4 is 62.5 Å². The number of rotatable bonds is 20. The lowest BCUT2D eigenvalue weighted by molar-refractivity contribution is -0.136. The summed E-state index contributed by atoms with van der Waals surface area (Å²) < 4.78 is 36.3. The molecule has 6 rings (SSSR count). The lowest BCUT2D eigenvalue weighted by Crippen LogP contribution is -2.54. The molecule has 4 N–H and O–H groups in total. The van der Waals surface area contributed by atoms with Gasteiger partial charge in [-0.2, -0.15) is 9.35 Å². The number of halogens is 1. The van der Waals surface area contributed by atoms with Gasteiger partial charge in [0.2, 0.25) is 23.7 Å². The Kier molecular flexibility index (Phi) is 15.0. The van der Waals surface area contributed by atoms with Crippen molar-refractivity contribution in [3.05, 3.63) is 89.5 Å². The summed E-state index contributed by atoms with van der Waals surface area (Å²) in [6, 6.07) is 15.0. The maximum Gasteiger partial charge on any atom is 0.264 e. The van der Waals surface area contributed by atoms with Crippen LogP contribution in [-0.4, -0.2) is 92.0 Å². The van der Waals surface area contributed by atoms with Crippen molar-refractivity contribution < 1.29 is 42.1 Å². The number of aromatic nitrogens is 3. The first kappa shape index (κ1) is 44.9. The number of piperidine rings is 1. The van der Waals surface area contributed by atoms with Crippen molar-refractivity contribution in [2.24, 2.45) is 4.36 Å². The van der Waals surface area contributed by atoms with E-state index in [4.69, 9.17) is 4.74 Å². The monoisotopic (exact) mass is 869 g/mol. The highest BCUT2D eigenvalue weighted by Crippen LogP contribution is 2.33. The number of carbonyl (C=O) groups is 6. The van der Waals surface area contributed by atoms with Gasteiger partial charge in [0, 0.05) is 56.0 Å². The summed E-state index contributed by atoms with van der Waals surface area (Å²) in [4.78, 5) is 88.9. The van der Waals surface area contributed by atoms with E-state index < -0.39 is 51.1 Å². The minimum atomic E-state index is -2.89. The summed E-state index contributed by atoms with van der Waals surface area (Å²) in [6.45, 7) is 1.02. The molecule has 2 atom stereocenters. The minimum absolute atomic E-state index is 0.0468. The standard InChI is InChI=1S/C43H48FN9O8S/c1-61-34-24-28(44)17-18-30(34)39-47-26-48-43(51-39)49-29-12-9-11-27(23-29)25-62(2,60)52-37(56)16-6-3-5-15-35(54)46-22-8-4-7-21-45-32-14-10-13-31-38(32)42(59)53(41(31)58)33-19-20-36(55)50-40(33)57/h9-14,17-18,23-24,26,33,45H,3-8,15-16,19-22,25H2,1-2H3,(H,46,54)(H,50,55,57)(H,47,48,49,51). The van der Waals surface area contributed by atoms with Crippen LogP contribution in [-0.2, 0) is 34.7 Å². The lowest BCUT2D eigenvalue weighted by atomic mass is 10.0. The van der Waals surface area contributed by atoms with Gasteiger partial charge in [0.15, 0.2) is 5.82 Å². The number of anilines is 3. The van der Waals surface area contributed by atoms with Gasteiger partial charge in [-0.25, -0.2) is 18.6 Å². The predicted octanol–water partition coefficient (Wildman–Crippen LogP) is 5.30. The fourth-order valence-electron chi connectivity index (χ4n) is 7.17. The van der Waals surface area contributed by atoms with Crippen LogP contribution in [0.15, 0.2) is 71.4 Å². The first-order valence-electron chi connectivity index (χ1n) is 20.3. The number of imide groups is 2. The molecule has 6 amide bonds. The Labute approximate surface area is 358 Å². The zero-order valence-electron chi connectivity index (χ0n) is 34.4. The summed E-state index contributed by atoms with van der Waals surface area (Å²) in [7, 11) is -1.46. The average molecular weight is 870 g/mol. The summed E-state index contributed by atoms with van der Waals surface area (Å²) in [5.74, 6) is -2.37. The molecule has 1 fully saturated rings. The predicted molar refractivity (Wildman–Crippen MR) is 228 cm³/mol. The lowest BCUT2D eigenvalue weighted by Gasteiger charge is -2.27. The van der Waals surface area contributed by atoms with Gasteiger partial charge >= 0.3 is 0 Å². The number of amides is 6. The van der Waals surface area contributed by atoms with Crippen molar-refractivity contribution in [3.8, 4) is 17.1 Å². The van der Waals surface area contributed by atoms with Gasteiger partial charge in [0.25, 0.3) is 17.7 Å². The Balaban J connectivity index is 0.848. The number of hydrogen-bond donors (Lipinski definition) is 4. The number of nitrogens with one attached hydrogen (secondary N) is 4. The summed E-state index contributed by atoms with van der Waals surface area (Å²) in [5, 5.41) is 11.4. The molecule has 1 saturated heterocycles. The number of carbonyl (C=O) groups excluding carboxylic acids is 6. The van der Waals surface area contributed by atoms with E-state index in [1.807, 2.05) is 0 Å². The third kappa shape index (κ3) is 11.8. The number of unbranched alkanes of at least 4 members (excludes halogenated alkanes) is 4. The summed E-state index contributed by atoms with van der Waals surface area (Å²) in [5.41, 5.74) is 2.71. The molecule has 19 heteroatoms. The van der Waals surface area contributed by atoms with Crippen LogP contribution in [0.1, 0.15) is 90.5 Å². The molecule has 2 aliphatic heterocycles. The number of fused-ring (bicyclic) bond motifs is 1. The van der Waals surface area contributed by atoms with Crippen LogP contribution in [0.2, 0.25) is 0 Å². The number of hydrogen-bond acceptors (Lipinski definition) is 13. The van der Waals surface area contributed by atoms with Crippen molar-refractivity contribution in [3.63, 3.8) is 0 Å². The normalized spacial score (nSPS) is 15.7. The minimum Gasteiger partial charge on any atom is -0.496 e. The smallest absolute Gasteiger partial charge is 0.264 e. The third-order valence-corrected chi connectivity index (χ3v) is 11.6. The van der Waals surface area contributed by atoms with E-state index >= 15 is 0 Å². The van der Waals surface area contributed by atoms with Crippen LogP contribution < -0.4 is 26.0 Å². The Morgan fingerprint density at radius 3 is 2.50 bits per heavy atom. The molecular weight excluding hydrogens is 822 g/mol. The van der Waals surface area contributed by atoms with E-state index in [1.54, 1.807) is 42.5 Å². The first-order valence-corrected chi connectivity index (χ1v) is 22.4. The fraction of sp³-hybridized carbons (Fsp3) is 0.372. The van der Waals surface area contributed by atoms with Crippen LogP contribution in [0.3, 0.4) is 0 Å². The molecule has 2 aliphatic rings. The van der Waals surface area contributed by atoms with E-state index in [1.165, 1.54) is 37.9 Å². The second-order valence-electron chi connectivity index (χ2n) is 15.0. The molecule has 0 aliphatic carbocycles. The van der Waals surface area contributed by atoms with E-state index in [0.717, 1.165) is 24.2 Å². The first-order chi connectivity index (χ1) is 29.8. The van der Waals surface area contributed by atoms with E-state index in [-0.39, 0.29) is 59.6 Å². The van der Waals surface area contributed by atoms with Gasteiger partial charge in [-0.3, -0.25) is 39.0 Å². The highest BCUT2D eigenvalue weighted by atomic mass is 32.2. The van der Waals surface area contributed by atoms with Crippen molar-refractivity contribution in [1.82, 2.24) is 30.5 Å². The van der Waals surface area contributed by atoms with E-state index in [2.05, 4.69) is 40.6 Å². The van der Waals surface area contributed by atoms with Crippen molar-refractivity contribution in [2.75, 3.05) is 37.1 Å². The quantitative estimate of drug-likeness (QED) is 0.0653. The maximum atomic E-state index is 13.7. The molecule has 0 radical (unpaired) electrons. The Hall–Kier alpha value is -6.63. The van der Waals surface area contributed by atoms with Gasteiger partial charge < -0.3 is 20.7 Å². The van der Waals surface area contributed by atoms with Gasteiger partial charge in [-0.05, 0) is 80.5 Å². The third-order valence-electron chi connectivity index (χ3n) is 10.1. The molecule has 0 bridgehead atoms. The van der Waals surface area contributed by atoms with Crippen LogP contribution in [0.5, 0.6) is 5.75 Å². The highest BCUT2D eigenvalue weighted by Gasteiger charge is 2.45. The van der Waals surface area contributed by atoms with Gasteiger partial charge in [0.1, 0.15) is 23.9 Å². The summed E-state index contributed by atoms with van der Waals surface area (Å²) >= 11 is 0. The SMILES string of the molecule is COc1cc(F)ccc1-c1ncnc(Nc2cccc(CS(C)(=O)=NC(=O)CCCCCC(=O)NCCCCCNc3cccc4c3C(=O)N(C3CCC(=O)NC3=O)C4=O)c2)n1. The van der Waals surface area contributed by atoms with Crippen LogP contribution >= 0.6 is 0 Å². The Morgan fingerprint density at radius 2 is 1.69 bits per heavy atom. The van der Waals surface area contributed by atoms with Crippen molar-refractivity contribution in [1.29, 1.82) is 0 Å². The zero-order valence-corrected chi connectivity index (χ0v) is 35.2. The zero-order chi connectivity index (χ0) is 44.2. The van der Waals surface area contributed by atoms with Crippen LogP contribution in [0.25, 0.3) is 11.4 Å². The molecule has 2 unspecified atom stereocenters. The number of methoxy groups -OCH3 is 1. The molecule has 0 spiro atoms. The van der Waals surface area contributed by atoms with Crippen LogP contribution in [0, 0.1) is 5.82 Å². The van der Waals surface area contributed by atoms with E-state index in [0.29, 0.717) is 61.3 Å². The molecule has 62 heavy (non-hydrogen) atoms. The number of benzene rings is 3. The number of nitrogens with zero attached hydrogens (tertiary/aromatic N) is 5. The van der Waals surface area contributed by atoms with Gasteiger partial charge in [-0.1, -0.05) is 24.6 Å². The van der Waals surface area contributed by atoms with E-state index in [9.17, 15) is 37.4 Å².